The molecule has 1 aliphatic heterocycles. The fourth-order valence-corrected chi connectivity index (χ4v) is 2.91. The van der Waals surface area contributed by atoms with E-state index in [1.807, 2.05) is 36.4 Å². The van der Waals surface area contributed by atoms with Crippen LogP contribution in [0.15, 0.2) is 48.5 Å². The Morgan fingerprint density at radius 3 is 1.84 bits per heavy atom. The van der Waals surface area contributed by atoms with Crippen molar-refractivity contribution in [1.82, 2.24) is 5.43 Å². The number of nitrogens with two attached hydrogens (primary N) is 1. The highest BCUT2D eigenvalue weighted by molar-refractivity contribution is 5.73. The largest absolute Gasteiger partial charge is 0.497 e. The van der Waals surface area contributed by atoms with Gasteiger partial charge in [-0.3, -0.25) is 10.9 Å². The molecule has 2 aromatic rings. The average molecular weight is 341 g/mol. The Bertz CT molecular complexity index is 694. The predicted octanol–water partition coefficient (Wildman–Crippen LogP) is 2.02. The Balaban J connectivity index is 1.55. The average Bonchev–Trinajstić information content (AvgIpc) is 2.67. The Labute approximate surface area is 147 Å². The fourth-order valence-electron chi connectivity index (χ4n) is 2.91. The van der Waals surface area contributed by atoms with Gasteiger partial charge in [0.25, 0.3) is 0 Å². The molecule has 0 unspecified atom stereocenters. The van der Waals surface area contributed by atoms with Crippen molar-refractivity contribution in [3.8, 4) is 5.75 Å². The van der Waals surface area contributed by atoms with E-state index in [1.165, 1.54) is 11.4 Å². The molecular weight excluding hydrogens is 318 g/mol. The first-order valence-corrected chi connectivity index (χ1v) is 8.21. The van der Waals surface area contributed by atoms with Crippen molar-refractivity contribution in [2.75, 3.05) is 48.5 Å². The zero-order chi connectivity index (χ0) is 17.6. The van der Waals surface area contributed by atoms with Gasteiger partial charge in [0.2, 0.25) is 0 Å². The molecule has 0 aromatic heterocycles. The van der Waals surface area contributed by atoms with E-state index in [4.69, 9.17) is 10.5 Å². The number of hydrogen-bond acceptors (Lipinski definition) is 5. The van der Waals surface area contributed by atoms with E-state index in [0.29, 0.717) is 0 Å². The molecule has 0 bridgehead atoms. The van der Waals surface area contributed by atoms with Crippen molar-refractivity contribution in [3.63, 3.8) is 0 Å². The third kappa shape index (κ3) is 4.26. The number of ether oxygens (including phenoxy) is 1. The molecule has 4 N–H and O–H groups in total. The van der Waals surface area contributed by atoms with Gasteiger partial charge in [-0.2, -0.15) is 0 Å². The van der Waals surface area contributed by atoms with Crippen molar-refractivity contribution < 1.29 is 9.53 Å². The quantitative estimate of drug-likeness (QED) is 0.725. The van der Waals surface area contributed by atoms with E-state index < -0.39 is 6.03 Å². The maximum absolute atomic E-state index is 10.7. The SMILES string of the molecule is COc1ccc(N2CCN(c3ccc(NNC(N)=O)cc3)CC2)cc1. The number of benzene rings is 2. The van der Waals surface area contributed by atoms with Crippen LogP contribution in [-0.4, -0.2) is 39.3 Å². The minimum atomic E-state index is -0.612. The van der Waals surface area contributed by atoms with E-state index in [9.17, 15) is 4.79 Å². The van der Waals surface area contributed by atoms with Gasteiger partial charge < -0.3 is 20.3 Å². The Hall–Kier alpha value is -3.09. The van der Waals surface area contributed by atoms with Gasteiger partial charge in [-0.1, -0.05) is 0 Å². The number of hydrogen-bond donors (Lipinski definition) is 3. The topological polar surface area (TPSA) is 82.9 Å². The first-order valence-electron chi connectivity index (χ1n) is 8.21. The Morgan fingerprint density at radius 1 is 0.920 bits per heavy atom. The summed E-state index contributed by atoms with van der Waals surface area (Å²) in [6.07, 6.45) is 0. The molecule has 0 radical (unpaired) electrons. The van der Waals surface area contributed by atoms with Crippen LogP contribution >= 0.6 is 0 Å². The monoisotopic (exact) mass is 341 g/mol. The molecular formula is C18H23N5O2. The van der Waals surface area contributed by atoms with Crippen molar-refractivity contribution in [1.29, 1.82) is 0 Å². The third-order valence-electron chi connectivity index (χ3n) is 4.28. The van der Waals surface area contributed by atoms with Crippen LogP contribution in [0.2, 0.25) is 0 Å². The maximum Gasteiger partial charge on any atom is 0.330 e. The number of piperazine rings is 1. The summed E-state index contributed by atoms with van der Waals surface area (Å²) in [6.45, 7) is 3.85. The van der Waals surface area contributed by atoms with Crippen LogP contribution in [0.5, 0.6) is 5.75 Å². The number of hydrazine groups is 1. The van der Waals surface area contributed by atoms with Gasteiger partial charge in [0, 0.05) is 37.6 Å². The lowest BCUT2D eigenvalue weighted by molar-refractivity contribution is 0.250. The lowest BCUT2D eigenvalue weighted by Gasteiger charge is -2.37. The second-order valence-corrected chi connectivity index (χ2v) is 5.83. The summed E-state index contributed by atoms with van der Waals surface area (Å²) in [5.41, 5.74) is 13.3. The third-order valence-corrected chi connectivity index (χ3v) is 4.28. The molecule has 0 aliphatic carbocycles. The van der Waals surface area contributed by atoms with E-state index in [-0.39, 0.29) is 0 Å². The standard InChI is InChI=1S/C18H23N5O2/c1-25-17-8-6-16(7-9-17)23-12-10-22(11-13-23)15-4-2-14(3-5-15)20-21-18(19)24/h2-9,20H,10-13H2,1H3,(H3,19,21,24). The molecule has 0 atom stereocenters. The molecule has 0 saturated carbocycles. The summed E-state index contributed by atoms with van der Waals surface area (Å²) < 4.78 is 5.21. The number of nitrogens with one attached hydrogen (secondary N) is 2. The lowest BCUT2D eigenvalue weighted by atomic mass is 10.2. The highest BCUT2D eigenvalue weighted by atomic mass is 16.5. The lowest BCUT2D eigenvalue weighted by Crippen LogP contribution is -2.46. The smallest absolute Gasteiger partial charge is 0.330 e. The normalized spacial score (nSPS) is 14.1. The van der Waals surface area contributed by atoms with Gasteiger partial charge >= 0.3 is 6.03 Å². The van der Waals surface area contributed by atoms with Gasteiger partial charge in [-0.05, 0) is 48.5 Å². The van der Waals surface area contributed by atoms with E-state index in [0.717, 1.165) is 37.6 Å². The number of urea groups is 1. The van der Waals surface area contributed by atoms with Crippen LogP contribution in [-0.2, 0) is 0 Å². The molecule has 0 spiro atoms. The highest BCUT2D eigenvalue weighted by Crippen LogP contribution is 2.23. The number of nitrogens with zero attached hydrogens (tertiary/aromatic N) is 2. The highest BCUT2D eigenvalue weighted by Gasteiger charge is 2.17. The van der Waals surface area contributed by atoms with E-state index >= 15 is 0 Å². The van der Waals surface area contributed by atoms with Crippen LogP contribution in [0, 0.1) is 0 Å². The molecule has 1 saturated heterocycles. The summed E-state index contributed by atoms with van der Waals surface area (Å²) in [7, 11) is 1.68. The van der Waals surface area contributed by atoms with E-state index in [2.05, 4.69) is 32.8 Å². The molecule has 7 heteroatoms. The minimum absolute atomic E-state index is 0.612. The van der Waals surface area contributed by atoms with Gasteiger partial charge in [-0.15, -0.1) is 0 Å². The van der Waals surface area contributed by atoms with Crippen LogP contribution < -0.4 is 31.1 Å². The maximum atomic E-state index is 10.7. The number of carbonyl (C=O) groups excluding carboxylic acids is 1. The molecule has 7 nitrogen and oxygen atoms in total. The predicted molar refractivity (Wildman–Crippen MR) is 100 cm³/mol. The number of anilines is 3. The molecule has 1 fully saturated rings. The van der Waals surface area contributed by atoms with Gasteiger partial charge in [-0.25, -0.2) is 4.79 Å². The first kappa shape index (κ1) is 16.8. The van der Waals surface area contributed by atoms with Gasteiger partial charge in [0.15, 0.2) is 0 Å². The Kier molecular flexibility index (Phi) is 5.13. The summed E-state index contributed by atoms with van der Waals surface area (Å²) in [5, 5.41) is 0. The van der Waals surface area contributed by atoms with Crippen molar-refractivity contribution in [2.24, 2.45) is 5.73 Å². The van der Waals surface area contributed by atoms with Crippen LogP contribution in [0.1, 0.15) is 0 Å². The number of amides is 2. The summed E-state index contributed by atoms with van der Waals surface area (Å²) in [6, 6.07) is 15.5. The number of methoxy groups -OCH3 is 1. The molecule has 132 valence electrons. The van der Waals surface area contributed by atoms with Gasteiger partial charge in [0.1, 0.15) is 5.75 Å². The molecule has 1 aliphatic rings. The fraction of sp³-hybridized carbons (Fsp3) is 0.278. The van der Waals surface area contributed by atoms with Crippen LogP contribution in [0.3, 0.4) is 0 Å². The number of carbonyl (C=O) groups is 1. The zero-order valence-electron chi connectivity index (χ0n) is 14.2. The summed E-state index contributed by atoms with van der Waals surface area (Å²) in [5.74, 6) is 0.877. The first-order chi connectivity index (χ1) is 12.2. The van der Waals surface area contributed by atoms with Crippen molar-refractivity contribution in [3.05, 3.63) is 48.5 Å². The number of rotatable bonds is 5. The zero-order valence-corrected chi connectivity index (χ0v) is 14.2. The van der Waals surface area contributed by atoms with Crippen molar-refractivity contribution in [2.45, 2.75) is 0 Å². The summed E-state index contributed by atoms with van der Waals surface area (Å²) >= 11 is 0. The number of primary amides is 1. The Morgan fingerprint density at radius 2 is 1.40 bits per heavy atom. The second-order valence-electron chi connectivity index (χ2n) is 5.83. The van der Waals surface area contributed by atoms with E-state index in [1.54, 1.807) is 7.11 Å². The second kappa shape index (κ2) is 7.65. The van der Waals surface area contributed by atoms with Crippen molar-refractivity contribution >= 4 is 23.1 Å². The van der Waals surface area contributed by atoms with Crippen LogP contribution in [0.4, 0.5) is 21.9 Å². The van der Waals surface area contributed by atoms with Crippen LogP contribution in [0.25, 0.3) is 0 Å². The minimum Gasteiger partial charge on any atom is -0.497 e. The molecule has 2 amide bonds. The van der Waals surface area contributed by atoms with Gasteiger partial charge in [0.05, 0.1) is 12.8 Å². The molecule has 25 heavy (non-hydrogen) atoms. The molecule has 1 heterocycles. The molecule has 3 rings (SSSR count). The molecule has 2 aromatic carbocycles. The summed E-state index contributed by atoms with van der Waals surface area (Å²) in [4.78, 5) is 15.4.